The van der Waals surface area contributed by atoms with E-state index in [1.807, 2.05) is 6.07 Å². The largest absolute Gasteiger partial charge is 0.508 e. The molecular formula is C12H13N3O3. The predicted octanol–water partition coefficient (Wildman–Crippen LogP) is 0.968. The Morgan fingerprint density at radius 3 is 2.78 bits per heavy atom. The van der Waals surface area contributed by atoms with Crippen molar-refractivity contribution in [3.63, 3.8) is 0 Å². The highest BCUT2D eigenvalue weighted by atomic mass is 16.4. The monoisotopic (exact) mass is 247 g/mol. The maximum Gasteiger partial charge on any atom is 0.309 e. The van der Waals surface area contributed by atoms with Gasteiger partial charge in [-0.3, -0.25) is 4.79 Å². The van der Waals surface area contributed by atoms with Gasteiger partial charge in [0.25, 0.3) is 0 Å². The fourth-order valence-corrected chi connectivity index (χ4v) is 1.66. The summed E-state index contributed by atoms with van der Waals surface area (Å²) in [5.74, 6) is -0.750. The Kier molecular flexibility index (Phi) is 3.27. The topological polar surface area (TPSA) is 88.2 Å². The molecule has 0 unspecified atom stereocenters. The molecule has 0 spiro atoms. The zero-order valence-electron chi connectivity index (χ0n) is 9.87. The highest BCUT2D eigenvalue weighted by molar-refractivity contribution is 5.69. The summed E-state index contributed by atoms with van der Waals surface area (Å²) in [6, 6.07) is 6.94. The molecule has 2 rings (SSSR count). The first-order valence-corrected chi connectivity index (χ1v) is 5.45. The Hall–Kier alpha value is -2.37. The molecule has 0 radical (unpaired) electrons. The normalized spacial score (nSPS) is 10.5. The summed E-state index contributed by atoms with van der Waals surface area (Å²) in [7, 11) is 0. The summed E-state index contributed by atoms with van der Waals surface area (Å²) in [5.41, 5.74) is 1.85. The van der Waals surface area contributed by atoms with Gasteiger partial charge < -0.3 is 10.2 Å². The molecule has 0 amide bonds. The molecule has 94 valence electrons. The van der Waals surface area contributed by atoms with Crippen molar-refractivity contribution in [2.75, 3.05) is 0 Å². The lowest BCUT2D eigenvalue weighted by molar-refractivity contribution is -0.136. The highest BCUT2D eigenvalue weighted by Gasteiger charge is 2.12. The third-order valence-corrected chi connectivity index (χ3v) is 2.71. The fourth-order valence-electron chi connectivity index (χ4n) is 1.66. The molecule has 2 N–H and O–H groups in total. The number of phenols is 1. The number of aromatic nitrogens is 3. The first kappa shape index (κ1) is 12.1. The molecule has 1 aromatic carbocycles. The minimum absolute atomic E-state index is 0.146. The van der Waals surface area contributed by atoms with Gasteiger partial charge in [0.15, 0.2) is 0 Å². The molecule has 0 aliphatic rings. The predicted molar refractivity (Wildman–Crippen MR) is 63.3 cm³/mol. The zero-order valence-corrected chi connectivity index (χ0v) is 9.87. The van der Waals surface area contributed by atoms with Crippen molar-refractivity contribution in [1.29, 1.82) is 0 Å². The third-order valence-electron chi connectivity index (χ3n) is 2.71. The van der Waals surface area contributed by atoms with Crippen LogP contribution in [0.15, 0.2) is 24.3 Å². The summed E-state index contributed by atoms with van der Waals surface area (Å²) < 4.78 is 1.58. The van der Waals surface area contributed by atoms with Crippen LogP contribution in [-0.4, -0.2) is 31.2 Å². The van der Waals surface area contributed by atoms with E-state index in [0.717, 1.165) is 0 Å². The molecule has 6 nitrogen and oxygen atoms in total. The van der Waals surface area contributed by atoms with Crippen molar-refractivity contribution in [2.45, 2.75) is 19.9 Å². The maximum absolute atomic E-state index is 10.6. The average Bonchev–Trinajstić information content (AvgIpc) is 2.64. The Labute approximate surface area is 103 Å². The Morgan fingerprint density at radius 1 is 1.39 bits per heavy atom. The van der Waals surface area contributed by atoms with Crippen LogP contribution < -0.4 is 0 Å². The Bertz CT molecular complexity index is 578. The van der Waals surface area contributed by atoms with E-state index in [4.69, 9.17) is 5.11 Å². The number of hydrogen-bond acceptors (Lipinski definition) is 4. The number of phenolic OH excluding ortho intramolecular Hbond substituents is 1. The second-order valence-electron chi connectivity index (χ2n) is 3.98. The lowest BCUT2D eigenvalue weighted by Crippen LogP contribution is -2.06. The number of aromatic hydroxyl groups is 1. The van der Waals surface area contributed by atoms with Gasteiger partial charge in [-0.2, -0.15) is 0 Å². The summed E-state index contributed by atoms with van der Waals surface area (Å²) in [6.45, 7) is 2.13. The lowest BCUT2D eigenvalue weighted by Gasteiger charge is -2.05. The second-order valence-corrected chi connectivity index (χ2v) is 3.98. The molecule has 0 saturated carbocycles. The minimum atomic E-state index is -0.937. The quantitative estimate of drug-likeness (QED) is 0.840. The molecule has 0 aliphatic heterocycles. The molecule has 0 aliphatic carbocycles. The smallest absolute Gasteiger partial charge is 0.309 e. The molecule has 18 heavy (non-hydrogen) atoms. The van der Waals surface area contributed by atoms with Crippen molar-refractivity contribution < 1.29 is 15.0 Å². The van der Waals surface area contributed by atoms with E-state index >= 15 is 0 Å². The van der Waals surface area contributed by atoms with E-state index in [-0.39, 0.29) is 12.2 Å². The van der Waals surface area contributed by atoms with Crippen LogP contribution >= 0.6 is 0 Å². The van der Waals surface area contributed by atoms with Crippen LogP contribution in [-0.2, 0) is 17.8 Å². The van der Waals surface area contributed by atoms with Gasteiger partial charge in [-0.15, -0.1) is 5.10 Å². The van der Waals surface area contributed by atoms with Crippen LogP contribution in [0.25, 0.3) is 0 Å². The summed E-state index contributed by atoms with van der Waals surface area (Å²) in [5, 5.41) is 26.1. The van der Waals surface area contributed by atoms with Crippen molar-refractivity contribution in [3.05, 3.63) is 41.2 Å². The highest BCUT2D eigenvalue weighted by Crippen LogP contribution is 2.17. The van der Waals surface area contributed by atoms with Gasteiger partial charge >= 0.3 is 5.97 Å². The van der Waals surface area contributed by atoms with E-state index < -0.39 is 5.97 Å². The lowest BCUT2D eigenvalue weighted by atomic mass is 10.2. The number of benzene rings is 1. The fraction of sp³-hybridized carbons (Fsp3) is 0.250. The van der Waals surface area contributed by atoms with Crippen molar-refractivity contribution in [1.82, 2.24) is 15.0 Å². The van der Waals surface area contributed by atoms with E-state index in [0.29, 0.717) is 23.5 Å². The van der Waals surface area contributed by atoms with Gasteiger partial charge in [0.2, 0.25) is 0 Å². The molecule has 0 bridgehead atoms. The standard InChI is InChI=1S/C12H13N3O3/c1-8-10(6-12(17)18)13-14-15(8)7-9-4-2-3-5-11(9)16/h2-5,16H,6-7H2,1H3,(H,17,18). The molecule has 1 aromatic heterocycles. The van der Waals surface area contributed by atoms with Gasteiger partial charge in [-0.1, -0.05) is 23.4 Å². The van der Waals surface area contributed by atoms with E-state index in [1.165, 1.54) is 0 Å². The second kappa shape index (κ2) is 4.87. The van der Waals surface area contributed by atoms with Crippen molar-refractivity contribution >= 4 is 5.97 Å². The maximum atomic E-state index is 10.6. The number of hydrogen-bond donors (Lipinski definition) is 2. The molecule has 0 saturated heterocycles. The van der Waals surface area contributed by atoms with Gasteiger partial charge in [0, 0.05) is 5.56 Å². The average molecular weight is 247 g/mol. The van der Waals surface area contributed by atoms with E-state index in [2.05, 4.69) is 10.3 Å². The van der Waals surface area contributed by atoms with Gasteiger partial charge in [0.1, 0.15) is 5.75 Å². The summed E-state index contributed by atoms with van der Waals surface area (Å²) in [6.07, 6.45) is -0.146. The minimum Gasteiger partial charge on any atom is -0.508 e. The molecule has 2 aromatic rings. The number of para-hydroxylation sites is 1. The van der Waals surface area contributed by atoms with Crippen LogP contribution in [0, 0.1) is 6.92 Å². The van der Waals surface area contributed by atoms with Gasteiger partial charge in [-0.25, -0.2) is 4.68 Å². The van der Waals surface area contributed by atoms with Crippen molar-refractivity contribution in [3.8, 4) is 5.75 Å². The molecule has 1 heterocycles. The number of carboxylic acid groups (broad SMARTS) is 1. The molecule has 0 atom stereocenters. The Balaban J connectivity index is 2.23. The summed E-state index contributed by atoms with van der Waals surface area (Å²) in [4.78, 5) is 10.6. The first-order chi connectivity index (χ1) is 8.58. The third kappa shape index (κ3) is 2.48. The van der Waals surface area contributed by atoms with Crippen LogP contribution in [0.1, 0.15) is 17.0 Å². The first-order valence-electron chi connectivity index (χ1n) is 5.45. The zero-order chi connectivity index (χ0) is 13.1. The van der Waals surface area contributed by atoms with E-state index in [9.17, 15) is 9.90 Å². The van der Waals surface area contributed by atoms with Crippen LogP contribution in [0.4, 0.5) is 0 Å². The van der Waals surface area contributed by atoms with Gasteiger partial charge in [-0.05, 0) is 13.0 Å². The number of carboxylic acids is 1. The molecular weight excluding hydrogens is 234 g/mol. The molecule has 6 heteroatoms. The van der Waals surface area contributed by atoms with Crippen molar-refractivity contribution in [2.24, 2.45) is 0 Å². The Morgan fingerprint density at radius 2 is 2.11 bits per heavy atom. The van der Waals surface area contributed by atoms with Crippen LogP contribution in [0.5, 0.6) is 5.75 Å². The number of aliphatic carboxylic acids is 1. The van der Waals surface area contributed by atoms with Gasteiger partial charge in [0.05, 0.1) is 24.4 Å². The number of carbonyl (C=O) groups is 1. The summed E-state index contributed by atoms with van der Waals surface area (Å²) >= 11 is 0. The van der Waals surface area contributed by atoms with Crippen LogP contribution in [0.2, 0.25) is 0 Å². The van der Waals surface area contributed by atoms with E-state index in [1.54, 1.807) is 29.8 Å². The number of nitrogens with zero attached hydrogens (tertiary/aromatic N) is 3. The molecule has 0 fully saturated rings. The van der Waals surface area contributed by atoms with Crippen LogP contribution in [0.3, 0.4) is 0 Å². The number of rotatable bonds is 4. The SMILES string of the molecule is Cc1c(CC(=O)O)nnn1Cc1ccccc1O.